The quantitative estimate of drug-likeness (QED) is 0.570. The van der Waals surface area contributed by atoms with E-state index in [9.17, 15) is 4.79 Å². The number of rotatable bonds is 4. The molecular formula is C17H17IO. The summed E-state index contributed by atoms with van der Waals surface area (Å²) < 4.78 is 1.15. The Bertz CT molecular complexity index is 585. The van der Waals surface area contributed by atoms with Gasteiger partial charge in [0.15, 0.2) is 5.78 Å². The van der Waals surface area contributed by atoms with E-state index in [1.807, 2.05) is 30.3 Å². The Labute approximate surface area is 128 Å². The van der Waals surface area contributed by atoms with Gasteiger partial charge in [-0.3, -0.25) is 4.79 Å². The molecule has 1 nitrogen and oxygen atoms in total. The maximum Gasteiger partial charge on any atom is 0.193 e. The van der Waals surface area contributed by atoms with Gasteiger partial charge < -0.3 is 0 Å². The predicted molar refractivity (Wildman–Crippen MR) is 87.8 cm³/mol. The highest BCUT2D eigenvalue weighted by atomic mass is 127. The van der Waals surface area contributed by atoms with Crippen molar-refractivity contribution in [2.24, 2.45) is 0 Å². The molecule has 2 rings (SSSR count). The molecule has 0 saturated heterocycles. The monoisotopic (exact) mass is 364 g/mol. The van der Waals surface area contributed by atoms with E-state index >= 15 is 0 Å². The molecule has 19 heavy (non-hydrogen) atoms. The fraction of sp³-hybridized carbons (Fsp3) is 0.235. The van der Waals surface area contributed by atoms with Crippen LogP contribution in [0.25, 0.3) is 0 Å². The minimum Gasteiger partial charge on any atom is -0.289 e. The number of ketones is 1. The fourth-order valence-electron chi connectivity index (χ4n) is 2.12. The van der Waals surface area contributed by atoms with Crippen LogP contribution in [0.2, 0.25) is 0 Å². The Kier molecular flexibility index (Phi) is 4.75. The largest absolute Gasteiger partial charge is 0.289 e. The van der Waals surface area contributed by atoms with E-state index in [1.54, 1.807) is 0 Å². The second kappa shape index (κ2) is 6.33. The van der Waals surface area contributed by atoms with Crippen molar-refractivity contribution in [1.82, 2.24) is 0 Å². The molecule has 0 heterocycles. The lowest BCUT2D eigenvalue weighted by Gasteiger charge is -2.09. The summed E-state index contributed by atoms with van der Waals surface area (Å²) in [5, 5.41) is 0. The highest BCUT2D eigenvalue weighted by Crippen LogP contribution is 2.18. The van der Waals surface area contributed by atoms with Crippen molar-refractivity contribution in [2.75, 3.05) is 0 Å². The predicted octanol–water partition coefficient (Wildman–Crippen LogP) is 4.65. The van der Waals surface area contributed by atoms with Gasteiger partial charge in [0.1, 0.15) is 0 Å². The molecule has 2 aromatic carbocycles. The lowest BCUT2D eigenvalue weighted by molar-refractivity contribution is 0.103. The lowest BCUT2D eigenvalue weighted by Crippen LogP contribution is -2.06. The van der Waals surface area contributed by atoms with Crippen molar-refractivity contribution in [2.45, 2.75) is 26.7 Å². The Morgan fingerprint density at radius 2 is 1.68 bits per heavy atom. The number of carbonyl (C=O) groups excluding carboxylic acids is 1. The lowest BCUT2D eigenvalue weighted by atomic mass is 9.94. The van der Waals surface area contributed by atoms with Crippen LogP contribution >= 0.6 is 22.6 Å². The second-order valence-electron chi connectivity index (χ2n) is 4.53. The summed E-state index contributed by atoms with van der Waals surface area (Å²) in [5.74, 6) is 0.128. The highest BCUT2D eigenvalue weighted by Gasteiger charge is 2.13. The van der Waals surface area contributed by atoms with Gasteiger partial charge >= 0.3 is 0 Å². The van der Waals surface area contributed by atoms with Gasteiger partial charge in [-0.15, -0.1) is 0 Å². The maximum atomic E-state index is 12.6. The molecule has 0 aromatic heterocycles. The highest BCUT2D eigenvalue weighted by molar-refractivity contribution is 14.1. The van der Waals surface area contributed by atoms with Crippen molar-refractivity contribution in [3.63, 3.8) is 0 Å². The van der Waals surface area contributed by atoms with Crippen LogP contribution in [0.3, 0.4) is 0 Å². The van der Waals surface area contributed by atoms with Gasteiger partial charge in [-0.05, 0) is 76.9 Å². The molecule has 2 heteroatoms. The molecule has 0 aliphatic rings. The number of hydrogen-bond acceptors (Lipinski definition) is 1. The summed E-state index contributed by atoms with van der Waals surface area (Å²) in [6, 6.07) is 14.0. The summed E-state index contributed by atoms with van der Waals surface area (Å²) in [7, 11) is 0. The molecule has 0 N–H and O–H groups in total. The first kappa shape index (κ1) is 14.3. The normalized spacial score (nSPS) is 10.5. The minimum absolute atomic E-state index is 0.128. The van der Waals surface area contributed by atoms with Crippen LogP contribution in [0.4, 0.5) is 0 Å². The number of carbonyl (C=O) groups is 1. The number of aryl methyl sites for hydroxylation is 2. The molecule has 0 radical (unpaired) electrons. The fourth-order valence-corrected chi connectivity index (χ4v) is 2.48. The first-order valence-corrected chi connectivity index (χ1v) is 7.65. The first-order chi connectivity index (χ1) is 9.15. The third-order valence-corrected chi connectivity index (χ3v) is 4.03. The molecule has 0 aliphatic carbocycles. The number of hydrogen-bond donors (Lipinski definition) is 0. The van der Waals surface area contributed by atoms with Gasteiger partial charge in [0.2, 0.25) is 0 Å². The van der Waals surface area contributed by atoms with Gasteiger partial charge in [-0.25, -0.2) is 0 Å². The van der Waals surface area contributed by atoms with Crippen LogP contribution < -0.4 is 0 Å². The average Bonchev–Trinajstić information content (AvgIpc) is 2.46. The summed E-state index contributed by atoms with van der Waals surface area (Å²) in [6.07, 6.45) is 1.84. The Hall–Kier alpha value is -1.16. The SMILES string of the molecule is CCc1ccc(CC)c(C(=O)c2ccc(I)cc2)c1. The number of benzene rings is 2. The Morgan fingerprint density at radius 1 is 1.00 bits per heavy atom. The molecule has 0 aliphatic heterocycles. The van der Waals surface area contributed by atoms with Crippen molar-refractivity contribution in [1.29, 1.82) is 0 Å². The van der Waals surface area contributed by atoms with Gasteiger partial charge in [0, 0.05) is 14.7 Å². The smallest absolute Gasteiger partial charge is 0.193 e. The van der Waals surface area contributed by atoms with Crippen molar-refractivity contribution in [3.8, 4) is 0 Å². The summed E-state index contributed by atoms with van der Waals surface area (Å²) in [5.41, 5.74) is 3.96. The third-order valence-electron chi connectivity index (χ3n) is 3.31. The molecule has 2 aromatic rings. The molecular weight excluding hydrogens is 347 g/mol. The summed E-state index contributed by atoms with van der Waals surface area (Å²) in [4.78, 5) is 12.6. The molecule has 98 valence electrons. The molecule has 0 saturated carbocycles. The molecule has 0 atom stereocenters. The van der Waals surface area contributed by atoms with Gasteiger partial charge in [0.05, 0.1) is 0 Å². The van der Waals surface area contributed by atoms with Crippen LogP contribution in [-0.2, 0) is 12.8 Å². The first-order valence-electron chi connectivity index (χ1n) is 6.57. The molecule has 0 fully saturated rings. The van der Waals surface area contributed by atoms with E-state index in [-0.39, 0.29) is 5.78 Å². The van der Waals surface area contributed by atoms with E-state index in [0.29, 0.717) is 0 Å². The van der Waals surface area contributed by atoms with Crippen LogP contribution in [-0.4, -0.2) is 5.78 Å². The summed E-state index contributed by atoms with van der Waals surface area (Å²) >= 11 is 2.25. The Morgan fingerprint density at radius 3 is 2.26 bits per heavy atom. The topological polar surface area (TPSA) is 17.1 Å². The van der Waals surface area contributed by atoms with Crippen LogP contribution in [0.1, 0.15) is 40.9 Å². The molecule has 0 amide bonds. The molecule has 0 unspecified atom stereocenters. The Balaban J connectivity index is 2.44. The van der Waals surface area contributed by atoms with Gasteiger partial charge in [-0.1, -0.05) is 26.0 Å². The van der Waals surface area contributed by atoms with E-state index < -0.39 is 0 Å². The summed E-state index contributed by atoms with van der Waals surface area (Å²) in [6.45, 7) is 4.20. The maximum absolute atomic E-state index is 12.6. The van der Waals surface area contributed by atoms with E-state index in [1.165, 1.54) is 5.56 Å². The van der Waals surface area contributed by atoms with Crippen LogP contribution in [0.15, 0.2) is 42.5 Å². The van der Waals surface area contributed by atoms with Crippen LogP contribution in [0, 0.1) is 3.57 Å². The molecule has 0 spiro atoms. The average molecular weight is 364 g/mol. The minimum atomic E-state index is 0.128. The standard InChI is InChI=1S/C17H17IO/c1-3-12-5-6-13(4-2)16(11-12)17(19)14-7-9-15(18)10-8-14/h5-11H,3-4H2,1-2H3. The van der Waals surface area contributed by atoms with Crippen LogP contribution in [0.5, 0.6) is 0 Å². The molecule has 0 bridgehead atoms. The number of halogens is 1. The van der Waals surface area contributed by atoms with Crippen molar-refractivity contribution < 1.29 is 4.79 Å². The van der Waals surface area contributed by atoms with Gasteiger partial charge in [0.25, 0.3) is 0 Å². The van der Waals surface area contributed by atoms with E-state index in [2.05, 4.69) is 48.6 Å². The van der Waals surface area contributed by atoms with Crippen molar-refractivity contribution >= 4 is 28.4 Å². The second-order valence-corrected chi connectivity index (χ2v) is 5.78. The van der Waals surface area contributed by atoms with E-state index in [4.69, 9.17) is 0 Å². The van der Waals surface area contributed by atoms with E-state index in [0.717, 1.165) is 33.1 Å². The third kappa shape index (κ3) is 3.24. The zero-order chi connectivity index (χ0) is 13.8. The van der Waals surface area contributed by atoms with Gasteiger partial charge in [-0.2, -0.15) is 0 Å². The van der Waals surface area contributed by atoms with Crippen molar-refractivity contribution in [3.05, 3.63) is 68.3 Å². The zero-order valence-corrected chi connectivity index (χ0v) is 13.4. The zero-order valence-electron chi connectivity index (χ0n) is 11.2.